The van der Waals surface area contributed by atoms with E-state index >= 15 is 0 Å². The molecule has 2 aromatic carbocycles. The molecule has 0 saturated heterocycles. The molecule has 0 amide bonds. The normalized spacial score (nSPS) is 13.9. The zero-order valence-corrected chi connectivity index (χ0v) is 14.5. The highest BCUT2D eigenvalue weighted by Crippen LogP contribution is 2.35. The van der Waals surface area contributed by atoms with Crippen LogP contribution in [0.2, 0.25) is 5.02 Å². The van der Waals surface area contributed by atoms with E-state index in [1.54, 1.807) is 0 Å². The van der Waals surface area contributed by atoms with Crippen LogP contribution in [0.4, 0.5) is 5.82 Å². The molecule has 0 bridgehead atoms. The molecule has 3 aromatic rings. The number of hydrogen-bond donors (Lipinski definition) is 1. The van der Waals surface area contributed by atoms with Gasteiger partial charge < -0.3 is 5.32 Å². The fourth-order valence-electron chi connectivity index (χ4n) is 3.32. The minimum absolute atomic E-state index is 0.731. The van der Waals surface area contributed by atoms with E-state index in [1.165, 1.54) is 18.4 Å². The van der Waals surface area contributed by atoms with Gasteiger partial charge in [-0.15, -0.1) is 0 Å². The lowest BCUT2D eigenvalue weighted by Gasteiger charge is -2.12. The highest BCUT2D eigenvalue weighted by molar-refractivity contribution is 6.30. The quantitative estimate of drug-likeness (QED) is 0.692. The Balaban J connectivity index is 1.95. The van der Waals surface area contributed by atoms with E-state index in [0.717, 1.165) is 46.3 Å². The van der Waals surface area contributed by atoms with Crippen molar-refractivity contribution in [3.05, 3.63) is 64.7 Å². The second-order valence-corrected chi connectivity index (χ2v) is 6.70. The van der Waals surface area contributed by atoms with Crippen molar-refractivity contribution >= 4 is 17.4 Å². The molecular formula is C20H20ClN3. The number of fused-ring (bicyclic) bond motifs is 1. The van der Waals surface area contributed by atoms with Gasteiger partial charge in [0.05, 0.1) is 11.4 Å². The molecule has 1 aromatic heterocycles. The number of rotatable bonds is 2. The molecule has 3 nitrogen and oxygen atoms in total. The minimum atomic E-state index is 0.731. The summed E-state index contributed by atoms with van der Waals surface area (Å²) < 4.78 is 2.03. The van der Waals surface area contributed by atoms with Crippen molar-refractivity contribution < 1.29 is 0 Å². The Hall–Kier alpha value is -2.26. The van der Waals surface area contributed by atoms with Gasteiger partial charge in [0.15, 0.2) is 0 Å². The molecule has 0 saturated carbocycles. The number of aryl methyl sites for hydroxylation is 1. The number of aromatic nitrogens is 2. The summed E-state index contributed by atoms with van der Waals surface area (Å²) >= 11 is 6.24. The van der Waals surface area contributed by atoms with Crippen LogP contribution in [-0.4, -0.2) is 16.3 Å². The van der Waals surface area contributed by atoms with E-state index in [0.29, 0.717) is 0 Å². The molecule has 0 spiro atoms. The Labute approximate surface area is 147 Å². The Morgan fingerprint density at radius 1 is 1.08 bits per heavy atom. The van der Waals surface area contributed by atoms with Crippen LogP contribution in [0.3, 0.4) is 0 Å². The van der Waals surface area contributed by atoms with Crippen LogP contribution in [0.25, 0.3) is 16.9 Å². The van der Waals surface area contributed by atoms with Crippen LogP contribution in [0.1, 0.15) is 24.0 Å². The minimum Gasteiger partial charge on any atom is -0.370 e. The molecule has 4 heteroatoms. The van der Waals surface area contributed by atoms with Gasteiger partial charge in [-0.25, -0.2) is 4.68 Å². The molecule has 1 aliphatic heterocycles. The number of halogens is 1. The lowest BCUT2D eigenvalue weighted by molar-refractivity contribution is 0.779. The van der Waals surface area contributed by atoms with E-state index in [2.05, 4.69) is 36.5 Å². The average Bonchev–Trinajstić information content (AvgIpc) is 2.79. The van der Waals surface area contributed by atoms with Crippen molar-refractivity contribution in [2.75, 3.05) is 11.9 Å². The molecule has 0 radical (unpaired) electrons. The Bertz CT molecular complexity index is 868. The molecular weight excluding hydrogens is 318 g/mol. The third-order valence-corrected chi connectivity index (χ3v) is 4.81. The van der Waals surface area contributed by atoms with Gasteiger partial charge in [0.25, 0.3) is 0 Å². The van der Waals surface area contributed by atoms with Gasteiger partial charge >= 0.3 is 0 Å². The van der Waals surface area contributed by atoms with Gasteiger partial charge in [-0.2, -0.15) is 5.10 Å². The fourth-order valence-corrected chi connectivity index (χ4v) is 3.48. The number of anilines is 1. The lowest BCUT2D eigenvalue weighted by atomic mass is 10.0. The van der Waals surface area contributed by atoms with Crippen LogP contribution in [0.5, 0.6) is 0 Å². The van der Waals surface area contributed by atoms with E-state index in [1.807, 2.05) is 28.9 Å². The van der Waals surface area contributed by atoms with E-state index < -0.39 is 0 Å². The van der Waals surface area contributed by atoms with Crippen LogP contribution < -0.4 is 5.32 Å². The van der Waals surface area contributed by atoms with Gasteiger partial charge in [0.1, 0.15) is 5.82 Å². The molecule has 1 aliphatic rings. The summed E-state index contributed by atoms with van der Waals surface area (Å²) in [6.45, 7) is 3.07. The SMILES string of the molecule is Cc1ccc(Cl)cc1-n1nc(-c2ccccc2)c2c1NCCCC2. The van der Waals surface area contributed by atoms with Crippen molar-refractivity contribution in [1.82, 2.24) is 9.78 Å². The van der Waals surface area contributed by atoms with Crippen LogP contribution in [0.15, 0.2) is 48.5 Å². The third kappa shape index (κ3) is 2.69. The standard InChI is InChI=1S/C20H20ClN3/c1-14-10-11-16(21)13-18(14)24-20-17(9-5-6-12-22-20)19(23-24)15-7-3-2-4-8-15/h2-4,7-8,10-11,13,22H,5-6,9,12H2,1H3. The van der Waals surface area contributed by atoms with Crippen LogP contribution in [0, 0.1) is 6.92 Å². The first-order valence-electron chi connectivity index (χ1n) is 8.42. The zero-order chi connectivity index (χ0) is 16.5. The first-order valence-corrected chi connectivity index (χ1v) is 8.79. The van der Waals surface area contributed by atoms with Crippen molar-refractivity contribution in [1.29, 1.82) is 0 Å². The Morgan fingerprint density at radius 2 is 1.92 bits per heavy atom. The highest BCUT2D eigenvalue weighted by Gasteiger charge is 2.22. The molecule has 0 aliphatic carbocycles. The van der Waals surface area contributed by atoms with Crippen molar-refractivity contribution in [3.8, 4) is 16.9 Å². The summed E-state index contributed by atoms with van der Waals surface area (Å²) in [5.74, 6) is 1.11. The maximum atomic E-state index is 6.24. The highest BCUT2D eigenvalue weighted by atomic mass is 35.5. The van der Waals surface area contributed by atoms with Crippen molar-refractivity contribution in [3.63, 3.8) is 0 Å². The first-order chi connectivity index (χ1) is 11.7. The predicted octanol–water partition coefficient (Wildman–Crippen LogP) is 5.25. The Morgan fingerprint density at radius 3 is 2.75 bits per heavy atom. The fraction of sp³-hybridized carbons (Fsp3) is 0.250. The van der Waals surface area contributed by atoms with Crippen molar-refractivity contribution in [2.24, 2.45) is 0 Å². The predicted molar refractivity (Wildman–Crippen MR) is 100 cm³/mol. The van der Waals surface area contributed by atoms with Crippen molar-refractivity contribution in [2.45, 2.75) is 26.2 Å². The topological polar surface area (TPSA) is 29.9 Å². The summed E-state index contributed by atoms with van der Waals surface area (Å²) in [6, 6.07) is 16.4. The van der Waals surface area contributed by atoms with Gasteiger partial charge in [-0.05, 0) is 43.9 Å². The van der Waals surface area contributed by atoms with Gasteiger partial charge in [0.2, 0.25) is 0 Å². The van der Waals surface area contributed by atoms with Gasteiger partial charge in [0, 0.05) is 22.7 Å². The molecule has 4 rings (SSSR count). The van der Waals surface area contributed by atoms with E-state index in [9.17, 15) is 0 Å². The summed E-state index contributed by atoms with van der Waals surface area (Å²) in [5, 5.41) is 9.29. The second-order valence-electron chi connectivity index (χ2n) is 6.27. The smallest absolute Gasteiger partial charge is 0.133 e. The third-order valence-electron chi connectivity index (χ3n) is 4.58. The van der Waals surface area contributed by atoms with Crippen LogP contribution in [-0.2, 0) is 6.42 Å². The number of benzene rings is 2. The largest absolute Gasteiger partial charge is 0.370 e. The van der Waals surface area contributed by atoms with Crippen LogP contribution >= 0.6 is 11.6 Å². The number of hydrogen-bond acceptors (Lipinski definition) is 2. The zero-order valence-electron chi connectivity index (χ0n) is 13.7. The maximum Gasteiger partial charge on any atom is 0.133 e. The monoisotopic (exact) mass is 337 g/mol. The molecule has 2 heterocycles. The van der Waals surface area contributed by atoms with Gasteiger partial charge in [-0.1, -0.05) is 48.0 Å². The summed E-state index contributed by atoms with van der Waals surface area (Å²) in [4.78, 5) is 0. The summed E-state index contributed by atoms with van der Waals surface area (Å²) in [7, 11) is 0. The summed E-state index contributed by atoms with van der Waals surface area (Å²) in [5.41, 5.74) is 5.74. The number of nitrogens with zero attached hydrogens (tertiary/aromatic N) is 2. The Kier molecular flexibility index (Phi) is 4.03. The molecule has 1 N–H and O–H groups in total. The average molecular weight is 338 g/mol. The lowest BCUT2D eigenvalue weighted by Crippen LogP contribution is -2.08. The maximum absolute atomic E-state index is 6.24. The molecule has 0 fully saturated rings. The first kappa shape index (κ1) is 15.3. The molecule has 0 unspecified atom stereocenters. The molecule has 24 heavy (non-hydrogen) atoms. The van der Waals surface area contributed by atoms with Gasteiger partial charge in [-0.3, -0.25) is 0 Å². The second kappa shape index (κ2) is 6.33. The summed E-state index contributed by atoms with van der Waals surface area (Å²) in [6.07, 6.45) is 3.41. The molecule has 122 valence electrons. The molecule has 0 atom stereocenters. The number of nitrogens with one attached hydrogen (secondary N) is 1. The van der Waals surface area contributed by atoms with E-state index in [4.69, 9.17) is 16.7 Å². The van der Waals surface area contributed by atoms with E-state index in [-0.39, 0.29) is 0 Å².